The molecule has 1 aromatic heterocycles. The molecule has 1 N–H and O–H groups in total. The second-order valence-corrected chi connectivity index (χ2v) is 6.86. The predicted molar refractivity (Wildman–Crippen MR) is 97.0 cm³/mol. The maximum atomic E-state index is 12.3. The molecule has 0 spiro atoms. The highest BCUT2D eigenvalue weighted by atomic mass is 79.9. The van der Waals surface area contributed by atoms with E-state index in [1.165, 1.54) is 18.4 Å². The van der Waals surface area contributed by atoms with E-state index in [1.807, 2.05) is 24.4 Å². The first-order valence-electron chi connectivity index (χ1n) is 6.46. The van der Waals surface area contributed by atoms with Crippen molar-refractivity contribution in [1.82, 2.24) is 0 Å². The molecule has 0 bridgehead atoms. The molecule has 7 heteroatoms. The molecule has 2 aromatic rings. The van der Waals surface area contributed by atoms with Crippen molar-refractivity contribution >= 4 is 56.5 Å². The lowest BCUT2D eigenvalue weighted by molar-refractivity contribution is -0.112. The van der Waals surface area contributed by atoms with Gasteiger partial charge >= 0.3 is 0 Å². The van der Waals surface area contributed by atoms with Crippen molar-refractivity contribution in [2.24, 2.45) is 0 Å². The van der Waals surface area contributed by atoms with E-state index >= 15 is 0 Å². The number of hydrogen-bond donors (Lipinski definition) is 1. The van der Waals surface area contributed by atoms with Crippen LogP contribution in [0.4, 0.5) is 5.69 Å². The van der Waals surface area contributed by atoms with Crippen molar-refractivity contribution < 1.29 is 9.53 Å². The van der Waals surface area contributed by atoms with Crippen molar-refractivity contribution in [1.29, 1.82) is 5.26 Å². The number of carbonyl (C=O) groups is 1. The Morgan fingerprint density at radius 2 is 2.22 bits per heavy atom. The molecule has 0 saturated heterocycles. The molecule has 1 heterocycles. The third-order valence-electron chi connectivity index (χ3n) is 2.97. The minimum absolute atomic E-state index is 0.00834. The van der Waals surface area contributed by atoms with Crippen LogP contribution in [0.1, 0.15) is 10.4 Å². The number of thiophene rings is 1. The summed E-state index contributed by atoms with van der Waals surface area (Å²) in [6, 6.07) is 7.08. The van der Waals surface area contributed by atoms with Gasteiger partial charge in [-0.15, -0.1) is 11.3 Å². The summed E-state index contributed by atoms with van der Waals surface area (Å²) >= 11 is 10.8. The lowest BCUT2D eigenvalue weighted by Crippen LogP contribution is -2.14. The fourth-order valence-electron chi connectivity index (χ4n) is 1.81. The Bertz CT molecular complexity index is 824. The predicted octanol–water partition coefficient (Wildman–Crippen LogP) is 5.03. The van der Waals surface area contributed by atoms with Gasteiger partial charge in [0.25, 0.3) is 5.91 Å². The molecule has 23 heavy (non-hydrogen) atoms. The lowest BCUT2D eigenvalue weighted by atomic mass is 10.2. The Kier molecular flexibility index (Phi) is 5.83. The van der Waals surface area contributed by atoms with Crippen molar-refractivity contribution in [2.45, 2.75) is 6.92 Å². The number of hydrogen-bond acceptors (Lipinski definition) is 4. The van der Waals surface area contributed by atoms with Crippen molar-refractivity contribution in [3.05, 3.63) is 49.1 Å². The van der Waals surface area contributed by atoms with E-state index < -0.39 is 5.91 Å². The number of methoxy groups -OCH3 is 1. The number of ether oxygens (including phenoxy) is 1. The molecule has 0 fully saturated rings. The molecule has 4 nitrogen and oxygen atoms in total. The average Bonchev–Trinajstić information content (AvgIpc) is 2.93. The number of nitrogens with one attached hydrogen (secondary N) is 1. The Hall–Kier alpha value is -1.81. The molecule has 2 rings (SSSR count). The van der Waals surface area contributed by atoms with Crippen molar-refractivity contribution in [3.8, 4) is 11.8 Å². The largest absolute Gasteiger partial charge is 0.495 e. The molecule has 0 radical (unpaired) electrons. The molecule has 1 aromatic carbocycles. The Balaban J connectivity index is 2.29. The normalized spacial score (nSPS) is 11.0. The summed E-state index contributed by atoms with van der Waals surface area (Å²) in [6.07, 6.45) is 1.54. The summed E-state index contributed by atoms with van der Waals surface area (Å²) in [5.74, 6) is -0.0675. The van der Waals surface area contributed by atoms with Gasteiger partial charge in [-0.1, -0.05) is 11.6 Å². The number of anilines is 1. The number of nitrogens with zero attached hydrogens (tertiary/aromatic N) is 1. The summed E-state index contributed by atoms with van der Waals surface area (Å²) in [4.78, 5) is 13.1. The first kappa shape index (κ1) is 17.5. The minimum atomic E-state index is -0.503. The number of halogens is 2. The van der Waals surface area contributed by atoms with Crippen LogP contribution < -0.4 is 10.1 Å². The van der Waals surface area contributed by atoms with Gasteiger partial charge in [0.15, 0.2) is 0 Å². The van der Waals surface area contributed by atoms with Gasteiger partial charge in [-0.2, -0.15) is 5.26 Å². The quantitative estimate of drug-likeness (QED) is 0.567. The standard InChI is InChI=1S/C16H12BrClN2O2S/c1-9-3-14(15(22-2)6-13(9)18)20-16(21)10(7-19)4-12-5-11(17)8-23-12/h3-6,8H,1-2H3,(H,20,21)/b10-4+. The summed E-state index contributed by atoms with van der Waals surface area (Å²) in [5.41, 5.74) is 1.27. The van der Waals surface area contributed by atoms with Gasteiger partial charge in [-0.25, -0.2) is 0 Å². The maximum Gasteiger partial charge on any atom is 0.266 e. The molecule has 0 saturated carbocycles. The molecule has 118 valence electrons. The van der Waals surface area contributed by atoms with Crippen LogP contribution in [0.5, 0.6) is 5.75 Å². The second kappa shape index (κ2) is 7.64. The van der Waals surface area contributed by atoms with Gasteiger partial charge < -0.3 is 10.1 Å². The summed E-state index contributed by atoms with van der Waals surface area (Å²) < 4.78 is 6.12. The van der Waals surface area contributed by atoms with Gasteiger partial charge in [0, 0.05) is 25.8 Å². The fourth-order valence-corrected chi connectivity index (χ4v) is 3.34. The van der Waals surface area contributed by atoms with Crippen LogP contribution in [0.25, 0.3) is 6.08 Å². The minimum Gasteiger partial charge on any atom is -0.495 e. The Labute approximate surface area is 151 Å². The van der Waals surface area contributed by atoms with Crippen molar-refractivity contribution in [3.63, 3.8) is 0 Å². The van der Waals surface area contributed by atoms with Crippen LogP contribution in [0.15, 0.2) is 33.6 Å². The molecule has 0 unspecified atom stereocenters. The molecule has 0 aliphatic rings. The number of rotatable bonds is 4. The Morgan fingerprint density at radius 3 is 2.78 bits per heavy atom. The van der Waals surface area contributed by atoms with Gasteiger partial charge in [-0.05, 0) is 46.6 Å². The monoisotopic (exact) mass is 410 g/mol. The molecule has 0 atom stereocenters. The highest BCUT2D eigenvalue weighted by molar-refractivity contribution is 9.10. The average molecular weight is 412 g/mol. The van der Waals surface area contributed by atoms with Crippen LogP contribution in [0, 0.1) is 18.3 Å². The first-order chi connectivity index (χ1) is 10.9. The van der Waals surface area contributed by atoms with E-state index in [1.54, 1.807) is 18.2 Å². The van der Waals surface area contributed by atoms with Crippen LogP contribution in [-0.4, -0.2) is 13.0 Å². The highest BCUT2D eigenvalue weighted by Crippen LogP contribution is 2.31. The van der Waals surface area contributed by atoms with E-state index in [9.17, 15) is 10.1 Å². The van der Waals surface area contributed by atoms with Gasteiger partial charge in [0.05, 0.1) is 12.8 Å². The molecule has 0 aliphatic heterocycles. The number of carbonyl (C=O) groups excluding carboxylic acids is 1. The third kappa shape index (κ3) is 4.35. The number of aryl methyl sites for hydroxylation is 1. The summed E-state index contributed by atoms with van der Waals surface area (Å²) in [7, 11) is 1.49. The zero-order valence-corrected chi connectivity index (χ0v) is 15.5. The molecule has 0 aliphatic carbocycles. The van der Waals surface area contributed by atoms with E-state index in [2.05, 4.69) is 21.2 Å². The van der Waals surface area contributed by atoms with Gasteiger partial charge in [0.1, 0.15) is 17.4 Å². The van der Waals surface area contributed by atoms with Crippen LogP contribution in [0.2, 0.25) is 5.02 Å². The SMILES string of the molecule is COc1cc(Cl)c(C)cc1NC(=O)/C(C#N)=C/c1cc(Br)cs1. The number of nitriles is 1. The number of benzene rings is 1. The summed E-state index contributed by atoms with van der Waals surface area (Å²) in [5, 5.41) is 14.3. The van der Waals surface area contributed by atoms with E-state index in [0.717, 1.165) is 14.9 Å². The number of amides is 1. The van der Waals surface area contributed by atoms with Crippen LogP contribution in [0.3, 0.4) is 0 Å². The fraction of sp³-hybridized carbons (Fsp3) is 0.125. The highest BCUT2D eigenvalue weighted by Gasteiger charge is 2.14. The van der Waals surface area contributed by atoms with E-state index in [4.69, 9.17) is 16.3 Å². The Morgan fingerprint density at radius 1 is 1.48 bits per heavy atom. The first-order valence-corrected chi connectivity index (χ1v) is 8.51. The zero-order valence-electron chi connectivity index (χ0n) is 12.3. The lowest BCUT2D eigenvalue weighted by Gasteiger charge is -2.11. The van der Waals surface area contributed by atoms with Gasteiger partial charge in [0.2, 0.25) is 0 Å². The van der Waals surface area contributed by atoms with E-state index in [0.29, 0.717) is 16.5 Å². The smallest absolute Gasteiger partial charge is 0.266 e. The molecular formula is C16H12BrClN2O2S. The van der Waals surface area contributed by atoms with Gasteiger partial charge in [-0.3, -0.25) is 4.79 Å². The molecular weight excluding hydrogens is 400 g/mol. The summed E-state index contributed by atoms with van der Waals surface area (Å²) in [6.45, 7) is 1.82. The van der Waals surface area contributed by atoms with Crippen LogP contribution in [-0.2, 0) is 4.79 Å². The topological polar surface area (TPSA) is 62.1 Å². The zero-order chi connectivity index (χ0) is 17.0. The van der Waals surface area contributed by atoms with E-state index in [-0.39, 0.29) is 5.57 Å². The molecule has 1 amide bonds. The maximum absolute atomic E-state index is 12.3. The van der Waals surface area contributed by atoms with Crippen LogP contribution >= 0.6 is 38.9 Å². The second-order valence-electron chi connectivity index (χ2n) is 4.59. The van der Waals surface area contributed by atoms with Crippen molar-refractivity contribution in [2.75, 3.05) is 12.4 Å². The third-order valence-corrected chi connectivity index (χ3v) is 5.02.